The molecule has 1 N–H and O–H groups in total. The van der Waals surface area contributed by atoms with Crippen molar-refractivity contribution in [3.8, 4) is 0 Å². The third-order valence-electron chi connectivity index (χ3n) is 3.88. The number of rotatable bonds is 3. The lowest BCUT2D eigenvalue weighted by atomic mass is 10.0. The molecule has 1 saturated heterocycles. The van der Waals surface area contributed by atoms with Gasteiger partial charge in [-0.15, -0.1) is 0 Å². The number of nitrogens with one attached hydrogen (secondary N) is 1. The van der Waals surface area contributed by atoms with Gasteiger partial charge in [-0.25, -0.2) is 9.18 Å². The fourth-order valence-corrected chi connectivity index (χ4v) is 2.82. The van der Waals surface area contributed by atoms with E-state index in [-0.39, 0.29) is 0 Å². The maximum Gasteiger partial charge on any atom is 0.410 e. The largest absolute Gasteiger partial charge is 0.544 e. The lowest BCUT2D eigenvalue weighted by Crippen LogP contribution is -3.16. The van der Waals surface area contributed by atoms with Gasteiger partial charge in [0.05, 0.1) is 26.2 Å². The number of ether oxygens (including phenoxy) is 1. The minimum absolute atomic E-state index is 0.371. The summed E-state index contributed by atoms with van der Waals surface area (Å²) in [6, 6.07) is 4.59. The lowest BCUT2D eigenvalue weighted by Gasteiger charge is -2.37. The second kappa shape index (κ2) is 7.17. The second-order valence-electron chi connectivity index (χ2n) is 6.93. The number of carboxylic acids is 1. The van der Waals surface area contributed by atoms with Gasteiger partial charge < -0.3 is 19.5 Å². The summed E-state index contributed by atoms with van der Waals surface area (Å²) in [5.41, 5.74) is -0.202. The molecule has 2 rings (SSSR count). The molecule has 0 radical (unpaired) electrons. The van der Waals surface area contributed by atoms with Crippen LogP contribution < -0.4 is 10.0 Å². The van der Waals surface area contributed by atoms with Crippen molar-refractivity contribution in [3.05, 3.63) is 35.6 Å². The van der Waals surface area contributed by atoms with Crippen LogP contribution in [-0.4, -0.2) is 48.7 Å². The Bertz CT molecular complexity index is 607. The highest BCUT2D eigenvalue weighted by atomic mass is 19.1. The molecule has 1 aliphatic rings. The van der Waals surface area contributed by atoms with Gasteiger partial charge in [-0.2, -0.15) is 0 Å². The number of quaternary nitrogens is 1. The number of carbonyl (C=O) groups excluding carboxylic acids is 2. The maximum atomic E-state index is 13.4. The van der Waals surface area contributed by atoms with E-state index < -0.39 is 29.5 Å². The molecule has 1 amide bonds. The molecule has 1 fully saturated rings. The molecule has 1 aliphatic heterocycles. The molecule has 0 aliphatic carbocycles. The topological polar surface area (TPSA) is 74.1 Å². The number of hydrogen-bond acceptors (Lipinski definition) is 4. The van der Waals surface area contributed by atoms with Crippen molar-refractivity contribution in [1.82, 2.24) is 4.90 Å². The third-order valence-corrected chi connectivity index (χ3v) is 3.88. The lowest BCUT2D eigenvalue weighted by molar-refractivity contribution is -0.928. The average Bonchev–Trinajstić information content (AvgIpc) is 2.46. The first-order valence-corrected chi connectivity index (χ1v) is 7.96. The van der Waals surface area contributed by atoms with E-state index in [1.807, 2.05) is 0 Å². The number of piperazine rings is 1. The van der Waals surface area contributed by atoms with Crippen LogP contribution in [0.2, 0.25) is 0 Å². The number of carboxylic acid groups (broad SMARTS) is 1. The molecular formula is C17H23FN2O4. The Morgan fingerprint density at radius 3 is 2.42 bits per heavy atom. The number of benzene rings is 1. The fourth-order valence-electron chi connectivity index (χ4n) is 2.82. The third kappa shape index (κ3) is 4.67. The predicted octanol–water partition coefficient (Wildman–Crippen LogP) is -0.248. The zero-order valence-corrected chi connectivity index (χ0v) is 14.2. The van der Waals surface area contributed by atoms with Gasteiger partial charge >= 0.3 is 6.09 Å². The van der Waals surface area contributed by atoms with Gasteiger partial charge in [-0.1, -0.05) is 12.1 Å². The summed E-state index contributed by atoms with van der Waals surface area (Å²) in [5.74, 6) is -1.73. The van der Waals surface area contributed by atoms with Crippen molar-refractivity contribution in [2.45, 2.75) is 32.4 Å². The van der Waals surface area contributed by atoms with E-state index in [1.54, 1.807) is 31.7 Å². The highest BCUT2D eigenvalue weighted by Gasteiger charge is 2.33. The summed E-state index contributed by atoms with van der Waals surface area (Å²) in [5, 5.41) is 11.6. The van der Waals surface area contributed by atoms with E-state index in [0.29, 0.717) is 31.7 Å². The molecule has 0 aromatic heterocycles. The molecule has 1 atom stereocenters. The Kier molecular flexibility index (Phi) is 5.43. The molecule has 7 heteroatoms. The van der Waals surface area contributed by atoms with Crippen LogP contribution in [0, 0.1) is 5.82 Å². The highest BCUT2D eigenvalue weighted by molar-refractivity contribution is 5.72. The van der Waals surface area contributed by atoms with Gasteiger partial charge in [0, 0.05) is 5.56 Å². The first kappa shape index (κ1) is 18.2. The average molecular weight is 338 g/mol. The molecular weight excluding hydrogens is 315 g/mol. The van der Waals surface area contributed by atoms with Crippen LogP contribution in [0.25, 0.3) is 0 Å². The van der Waals surface area contributed by atoms with Gasteiger partial charge in [-0.05, 0) is 32.9 Å². The molecule has 1 heterocycles. The Balaban J connectivity index is 2.04. The molecule has 24 heavy (non-hydrogen) atoms. The predicted molar refractivity (Wildman–Crippen MR) is 82.7 cm³/mol. The van der Waals surface area contributed by atoms with Gasteiger partial charge in [0.25, 0.3) is 0 Å². The first-order valence-electron chi connectivity index (χ1n) is 7.96. The maximum absolute atomic E-state index is 13.4. The van der Waals surface area contributed by atoms with Crippen molar-refractivity contribution in [1.29, 1.82) is 0 Å². The number of aliphatic carboxylic acids is 1. The molecule has 1 aromatic carbocycles. The van der Waals surface area contributed by atoms with Crippen molar-refractivity contribution in [2.24, 2.45) is 0 Å². The quantitative estimate of drug-likeness (QED) is 0.825. The zero-order chi connectivity index (χ0) is 17.9. The Morgan fingerprint density at radius 2 is 1.92 bits per heavy atom. The van der Waals surface area contributed by atoms with Gasteiger partial charge in [0.2, 0.25) is 0 Å². The van der Waals surface area contributed by atoms with Crippen LogP contribution in [-0.2, 0) is 9.53 Å². The van der Waals surface area contributed by atoms with Crippen LogP contribution in [0.5, 0.6) is 0 Å². The first-order chi connectivity index (χ1) is 11.2. The zero-order valence-electron chi connectivity index (χ0n) is 14.2. The number of hydrogen-bond donors (Lipinski definition) is 1. The summed E-state index contributed by atoms with van der Waals surface area (Å²) >= 11 is 0. The van der Waals surface area contributed by atoms with Crippen molar-refractivity contribution in [2.75, 3.05) is 26.2 Å². The fraction of sp³-hybridized carbons (Fsp3) is 0.529. The SMILES string of the molecule is CC(C)(C)OC(=O)N1CC[NH+]([C@H](C(=O)[O-])c2cccc(F)c2)CC1. The van der Waals surface area contributed by atoms with E-state index in [4.69, 9.17) is 4.74 Å². The molecule has 6 nitrogen and oxygen atoms in total. The van der Waals surface area contributed by atoms with E-state index in [9.17, 15) is 19.1 Å². The van der Waals surface area contributed by atoms with E-state index >= 15 is 0 Å². The van der Waals surface area contributed by atoms with Crippen molar-refractivity contribution < 1.29 is 28.7 Å². The monoisotopic (exact) mass is 338 g/mol. The summed E-state index contributed by atoms with van der Waals surface area (Å²) in [7, 11) is 0. The van der Waals surface area contributed by atoms with E-state index in [1.165, 1.54) is 18.2 Å². The number of carbonyl (C=O) groups is 2. The van der Waals surface area contributed by atoms with Crippen LogP contribution >= 0.6 is 0 Å². The Hall–Kier alpha value is -2.15. The summed E-state index contributed by atoms with van der Waals surface area (Å²) < 4.78 is 18.7. The molecule has 0 saturated carbocycles. The van der Waals surface area contributed by atoms with Gasteiger partial charge in [0.15, 0.2) is 6.04 Å². The second-order valence-corrected chi connectivity index (χ2v) is 6.93. The Labute approximate surface area is 140 Å². The molecule has 1 aromatic rings. The molecule has 132 valence electrons. The van der Waals surface area contributed by atoms with Gasteiger partial charge in [-0.3, -0.25) is 4.90 Å². The minimum atomic E-state index is -1.25. The van der Waals surface area contributed by atoms with Crippen molar-refractivity contribution >= 4 is 12.1 Å². The molecule has 0 bridgehead atoms. The summed E-state index contributed by atoms with van der Waals surface area (Å²) in [6.07, 6.45) is -0.405. The Morgan fingerprint density at radius 1 is 1.29 bits per heavy atom. The highest BCUT2D eigenvalue weighted by Crippen LogP contribution is 2.13. The molecule has 0 spiro atoms. The normalized spacial score (nSPS) is 17.4. The van der Waals surface area contributed by atoms with Crippen molar-refractivity contribution in [3.63, 3.8) is 0 Å². The summed E-state index contributed by atoms with van der Waals surface area (Å²) in [4.78, 5) is 25.9. The van der Waals surface area contributed by atoms with E-state index in [2.05, 4.69) is 0 Å². The van der Waals surface area contributed by atoms with E-state index in [0.717, 1.165) is 4.90 Å². The summed E-state index contributed by atoms with van der Waals surface area (Å²) in [6.45, 7) is 6.99. The number of halogens is 1. The smallest absolute Gasteiger partial charge is 0.410 e. The molecule has 0 unspecified atom stereocenters. The van der Waals surface area contributed by atoms with Crippen LogP contribution in [0.15, 0.2) is 24.3 Å². The van der Waals surface area contributed by atoms with Crippen LogP contribution in [0.4, 0.5) is 9.18 Å². The van der Waals surface area contributed by atoms with Crippen LogP contribution in [0.1, 0.15) is 32.4 Å². The minimum Gasteiger partial charge on any atom is -0.544 e. The van der Waals surface area contributed by atoms with Gasteiger partial charge in [0.1, 0.15) is 17.4 Å². The number of nitrogens with zero attached hydrogens (tertiary/aromatic N) is 1. The van der Waals surface area contributed by atoms with Crippen LogP contribution in [0.3, 0.4) is 0 Å². The number of amides is 1. The standard InChI is InChI=1S/C17H23FN2O4/c1-17(2,3)24-16(23)20-9-7-19(8-10-20)14(15(21)22)12-5-4-6-13(18)11-12/h4-6,11,14H,7-10H2,1-3H3,(H,21,22)/t14-/m0/s1.